The van der Waals surface area contributed by atoms with Crippen molar-refractivity contribution in [1.82, 2.24) is 9.88 Å². The summed E-state index contributed by atoms with van der Waals surface area (Å²) in [7, 11) is 0. The van der Waals surface area contributed by atoms with Gasteiger partial charge in [0, 0.05) is 38.1 Å². The van der Waals surface area contributed by atoms with Crippen LogP contribution in [0.25, 0.3) is 0 Å². The molecule has 6 nitrogen and oxygen atoms in total. The van der Waals surface area contributed by atoms with Crippen molar-refractivity contribution in [3.05, 3.63) is 53.3 Å². The molecule has 0 aliphatic carbocycles. The lowest BCUT2D eigenvalue weighted by atomic mass is 10.2. The van der Waals surface area contributed by atoms with Gasteiger partial charge < -0.3 is 15.4 Å². The summed E-state index contributed by atoms with van der Waals surface area (Å²) in [6, 6.07) is 10.7. The first-order valence-corrected chi connectivity index (χ1v) is 8.66. The van der Waals surface area contributed by atoms with Gasteiger partial charge in [0.15, 0.2) is 0 Å². The van der Waals surface area contributed by atoms with Crippen LogP contribution in [0.4, 0.5) is 11.4 Å². The second-order valence-electron chi connectivity index (χ2n) is 5.74. The molecule has 3 rings (SSSR count). The van der Waals surface area contributed by atoms with Gasteiger partial charge in [-0.05, 0) is 24.3 Å². The highest BCUT2D eigenvalue weighted by Crippen LogP contribution is 2.21. The van der Waals surface area contributed by atoms with Gasteiger partial charge in [0.25, 0.3) is 5.91 Å². The first kappa shape index (κ1) is 17.7. The van der Waals surface area contributed by atoms with Crippen LogP contribution in [-0.2, 0) is 4.74 Å². The summed E-state index contributed by atoms with van der Waals surface area (Å²) in [6.07, 6.45) is 1.62. The predicted molar refractivity (Wildman–Crippen MR) is 99.4 cm³/mol. The normalized spacial score (nSPS) is 14.9. The molecule has 1 aromatic carbocycles. The first-order valence-electron chi connectivity index (χ1n) is 8.28. The summed E-state index contributed by atoms with van der Waals surface area (Å²) in [5.74, 6) is -0.287. The van der Waals surface area contributed by atoms with E-state index in [2.05, 4.69) is 20.5 Å². The number of para-hydroxylation sites is 1. The standard InChI is InChI=1S/C18H21ClN4O2/c19-15-3-1-2-4-16(15)22-18(24)17-13-14(5-6-21-17)20-7-8-23-9-11-25-12-10-23/h1-6,13H,7-12H2,(H,20,21)(H,22,24). The summed E-state index contributed by atoms with van der Waals surface area (Å²) in [4.78, 5) is 18.8. The number of nitrogens with zero attached hydrogens (tertiary/aromatic N) is 2. The molecule has 0 bridgehead atoms. The Balaban J connectivity index is 1.55. The third kappa shape index (κ3) is 5.16. The zero-order chi connectivity index (χ0) is 17.5. The number of nitrogens with one attached hydrogen (secondary N) is 2. The number of hydrogen-bond acceptors (Lipinski definition) is 5. The highest BCUT2D eigenvalue weighted by Gasteiger charge is 2.11. The summed E-state index contributed by atoms with van der Waals surface area (Å²) >= 11 is 6.07. The van der Waals surface area contributed by atoms with Gasteiger partial charge in [0.05, 0.1) is 23.9 Å². The van der Waals surface area contributed by atoms with Gasteiger partial charge >= 0.3 is 0 Å². The minimum atomic E-state index is -0.287. The maximum absolute atomic E-state index is 12.4. The Morgan fingerprint density at radius 3 is 2.84 bits per heavy atom. The second-order valence-corrected chi connectivity index (χ2v) is 6.15. The molecular weight excluding hydrogens is 340 g/mol. The average Bonchev–Trinajstić information content (AvgIpc) is 2.65. The van der Waals surface area contributed by atoms with Crippen LogP contribution in [0.15, 0.2) is 42.6 Å². The highest BCUT2D eigenvalue weighted by atomic mass is 35.5. The van der Waals surface area contributed by atoms with Crippen LogP contribution < -0.4 is 10.6 Å². The summed E-state index contributed by atoms with van der Waals surface area (Å²) in [6.45, 7) is 5.25. The van der Waals surface area contributed by atoms with E-state index in [0.717, 1.165) is 45.1 Å². The van der Waals surface area contributed by atoms with Crippen molar-refractivity contribution in [2.45, 2.75) is 0 Å². The van der Waals surface area contributed by atoms with Crippen molar-refractivity contribution < 1.29 is 9.53 Å². The van der Waals surface area contributed by atoms with Gasteiger partial charge in [-0.3, -0.25) is 14.7 Å². The molecule has 1 aliphatic rings. The third-order valence-corrected chi connectivity index (χ3v) is 4.31. The molecule has 1 saturated heterocycles. The van der Waals surface area contributed by atoms with Crippen LogP contribution in [0.1, 0.15) is 10.5 Å². The fourth-order valence-electron chi connectivity index (χ4n) is 2.60. The molecule has 7 heteroatoms. The Kier molecular flexibility index (Phi) is 6.22. The van der Waals surface area contributed by atoms with Crippen molar-refractivity contribution in [2.75, 3.05) is 50.0 Å². The molecule has 0 saturated carbocycles. The maximum atomic E-state index is 12.4. The molecule has 0 unspecified atom stereocenters. The Hall–Kier alpha value is -2.15. The van der Waals surface area contributed by atoms with E-state index >= 15 is 0 Å². The van der Waals surface area contributed by atoms with E-state index < -0.39 is 0 Å². The van der Waals surface area contributed by atoms with Gasteiger partial charge in [-0.25, -0.2) is 0 Å². The van der Waals surface area contributed by atoms with Crippen LogP contribution in [0.3, 0.4) is 0 Å². The number of aromatic nitrogens is 1. The van der Waals surface area contributed by atoms with Crippen LogP contribution in [0.2, 0.25) is 5.02 Å². The van der Waals surface area contributed by atoms with E-state index in [1.807, 2.05) is 18.2 Å². The van der Waals surface area contributed by atoms with E-state index in [-0.39, 0.29) is 5.91 Å². The number of amides is 1. The molecular formula is C18H21ClN4O2. The zero-order valence-corrected chi connectivity index (χ0v) is 14.6. The lowest BCUT2D eigenvalue weighted by Gasteiger charge is -2.26. The van der Waals surface area contributed by atoms with Gasteiger partial charge in [0.1, 0.15) is 5.69 Å². The lowest BCUT2D eigenvalue weighted by molar-refractivity contribution is 0.0398. The Morgan fingerprint density at radius 1 is 1.24 bits per heavy atom. The fraction of sp³-hybridized carbons (Fsp3) is 0.333. The quantitative estimate of drug-likeness (QED) is 0.829. The molecule has 25 heavy (non-hydrogen) atoms. The number of anilines is 2. The van der Waals surface area contributed by atoms with Gasteiger partial charge in [0.2, 0.25) is 0 Å². The smallest absolute Gasteiger partial charge is 0.274 e. The van der Waals surface area contributed by atoms with Crippen LogP contribution in [-0.4, -0.2) is 55.2 Å². The van der Waals surface area contributed by atoms with Crippen LogP contribution in [0.5, 0.6) is 0 Å². The molecule has 2 N–H and O–H groups in total. The molecule has 1 aliphatic heterocycles. The van der Waals surface area contributed by atoms with Crippen molar-refractivity contribution in [3.63, 3.8) is 0 Å². The van der Waals surface area contributed by atoms with E-state index in [1.165, 1.54) is 0 Å². The van der Waals surface area contributed by atoms with E-state index in [9.17, 15) is 4.79 Å². The number of hydrogen-bond donors (Lipinski definition) is 2. The Morgan fingerprint density at radius 2 is 2.04 bits per heavy atom. The molecule has 0 radical (unpaired) electrons. The average molecular weight is 361 g/mol. The second kappa shape index (κ2) is 8.80. The minimum absolute atomic E-state index is 0.287. The summed E-state index contributed by atoms with van der Waals surface area (Å²) in [5, 5.41) is 6.61. The molecule has 0 spiro atoms. The molecule has 0 atom stereocenters. The van der Waals surface area contributed by atoms with Crippen molar-refractivity contribution in [1.29, 1.82) is 0 Å². The SMILES string of the molecule is O=C(Nc1ccccc1Cl)c1cc(NCCN2CCOCC2)ccn1. The number of halogens is 1. The number of carbonyl (C=O) groups is 1. The topological polar surface area (TPSA) is 66.5 Å². The molecule has 1 fully saturated rings. The summed E-state index contributed by atoms with van der Waals surface area (Å²) in [5.41, 5.74) is 1.78. The van der Waals surface area contributed by atoms with Gasteiger partial charge in [-0.15, -0.1) is 0 Å². The van der Waals surface area contributed by atoms with Crippen molar-refractivity contribution in [3.8, 4) is 0 Å². The van der Waals surface area contributed by atoms with Crippen molar-refractivity contribution in [2.24, 2.45) is 0 Å². The minimum Gasteiger partial charge on any atom is -0.384 e. The van der Waals surface area contributed by atoms with E-state index in [1.54, 1.807) is 24.4 Å². The highest BCUT2D eigenvalue weighted by molar-refractivity contribution is 6.33. The Bertz CT molecular complexity index is 720. The maximum Gasteiger partial charge on any atom is 0.274 e. The first-order chi connectivity index (χ1) is 12.2. The van der Waals surface area contributed by atoms with Gasteiger partial charge in [-0.1, -0.05) is 23.7 Å². The van der Waals surface area contributed by atoms with Crippen LogP contribution >= 0.6 is 11.6 Å². The number of morpholine rings is 1. The number of rotatable bonds is 6. The zero-order valence-electron chi connectivity index (χ0n) is 13.9. The number of ether oxygens (including phenoxy) is 1. The molecule has 2 heterocycles. The largest absolute Gasteiger partial charge is 0.384 e. The fourth-order valence-corrected chi connectivity index (χ4v) is 2.78. The lowest BCUT2D eigenvalue weighted by Crippen LogP contribution is -2.39. The number of carbonyl (C=O) groups excluding carboxylic acids is 1. The van der Waals surface area contributed by atoms with Gasteiger partial charge in [-0.2, -0.15) is 0 Å². The van der Waals surface area contributed by atoms with Crippen LogP contribution in [0, 0.1) is 0 Å². The number of benzene rings is 1. The molecule has 1 amide bonds. The van der Waals surface area contributed by atoms with E-state index in [4.69, 9.17) is 16.3 Å². The molecule has 132 valence electrons. The summed E-state index contributed by atoms with van der Waals surface area (Å²) < 4.78 is 5.34. The number of pyridine rings is 1. The predicted octanol–water partition coefficient (Wildman–Crippen LogP) is 2.73. The molecule has 2 aromatic rings. The molecule has 1 aromatic heterocycles. The van der Waals surface area contributed by atoms with Crippen molar-refractivity contribution >= 4 is 28.9 Å². The Labute approximate surface area is 152 Å². The third-order valence-electron chi connectivity index (χ3n) is 3.98. The van der Waals surface area contributed by atoms with E-state index in [0.29, 0.717) is 16.4 Å². The monoisotopic (exact) mass is 360 g/mol.